The van der Waals surface area contributed by atoms with Gasteiger partial charge in [-0.15, -0.1) is 0 Å². The zero-order valence-corrected chi connectivity index (χ0v) is 10.1. The van der Waals surface area contributed by atoms with Crippen molar-refractivity contribution in [2.24, 2.45) is 0 Å². The third-order valence-corrected chi connectivity index (χ3v) is 3.16. The minimum atomic E-state index is -0.0230. The first-order chi connectivity index (χ1) is 6.47. The molecule has 0 radical (unpaired) electrons. The molecule has 0 rings (SSSR count). The van der Waals surface area contributed by atoms with Crippen molar-refractivity contribution < 1.29 is 0 Å². The van der Waals surface area contributed by atoms with Gasteiger partial charge in [-0.05, 0) is 40.8 Å². The van der Waals surface area contributed by atoms with Gasteiger partial charge in [0, 0.05) is 12.1 Å². The van der Waals surface area contributed by atoms with E-state index in [2.05, 4.69) is 44.1 Å². The first kappa shape index (κ1) is 13.4. The lowest BCUT2D eigenvalue weighted by Gasteiger charge is -2.35. The van der Waals surface area contributed by atoms with Gasteiger partial charge in [0.1, 0.15) is 0 Å². The molecule has 3 nitrogen and oxygen atoms in total. The lowest BCUT2D eigenvalue weighted by Crippen LogP contribution is -2.42. The van der Waals surface area contributed by atoms with Crippen LogP contribution in [0.25, 0.3) is 0 Å². The van der Waals surface area contributed by atoms with E-state index in [-0.39, 0.29) is 11.6 Å². The summed E-state index contributed by atoms with van der Waals surface area (Å²) in [4.78, 5) is 2.31. The van der Waals surface area contributed by atoms with Crippen LogP contribution in [-0.2, 0) is 0 Å². The Morgan fingerprint density at radius 1 is 1.50 bits per heavy atom. The maximum atomic E-state index is 8.77. The SMILES string of the molecule is CCC(C)(C)N(C)CCC(C#N)NC. The van der Waals surface area contributed by atoms with Crippen molar-refractivity contribution in [3.05, 3.63) is 0 Å². The maximum absolute atomic E-state index is 8.77. The number of rotatable bonds is 6. The van der Waals surface area contributed by atoms with Crippen molar-refractivity contribution in [2.45, 2.75) is 45.2 Å². The summed E-state index contributed by atoms with van der Waals surface area (Å²) in [5.41, 5.74) is 0.230. The highest BCUT2D eigenvalue weighted by Gasteiger charge is 2.21. The second kappa shape index (κ2) is 6.00. The molecular weight excluding hydrogens is 174 g/mol. The molecule has 0 fully saturated rings. The highest BCUT2D eigenvalue weighted by Crippen LogP contribution is 2.16. The predicted octanol–water partition coefficient (Wildman–Crippen LogP) is 1.61. The van der Waals surface area contributed by atoms with Gasteiger partial charge in [0.25, 0.3) is 0 Å². The molecule has 3 heteroatoms. The summed E-state index contributed by atoms with van der Waals surface area (Å²) in [7, 11) is 3.95. The third kappa shape index (κ3) is 4.08. The Balaban J connectivity index is 3.96. The molecule has 0 bridgehead atoms. The minimum Gasteiger partial charge on any atom is -0.305 e. The normalized spacial score (nSPS) is 14.1. The summed E-state index contributed by atoms with van der Waals surface area (Å²) in [5.74, 6) is 0. The van der Waals surface area contributed by atoms with Gasteiger partial charge >= 0.3 is 0 Å². The van der Waals surface area contributed by atoms with E-state index in [1.54, 1.807) is 0 Å². The Hall–Kier alpha value is -0.590. The fourth-order valence-electron chi connectivity index (χ4n) is 1.17. The number of nitriles is 1. The number of hydrogen-bond acceptors (Lipinski definition) is 3. The number of hydrogen-bond donors (Lipinski definition) is 1. The van der Waals surface area contributed by atoms with Gasteiger partial charge in [-0.2, -0.15) is 5.26 Å². The van der Waals surface area contributed by atoms with Gasteiger partial charge in [0.2, 0.25) is 0 Å². The molecular formula is C11H23N3. The average molecular weight is 197 g/mol. The summed E-state index contributed by atoms with van der Waals surface area (Å²) in [6.07, 6.45) is 2.01. The highest BCUT2D eigenvalue weighted by molar-refractivity contribution is 4.90. The molecule has 14 heavy (non-hydrogen) atoms. The van der Waals surface area contributed by atoms with Crippen molar-refractivity contribution in [1.82, 2.24) is 10.2 Å². The van der Waals surface area contributed by atoms with Crippen LogP contribution in [0.5, 0.6) is 0 Å². The second-order valence-corrected chi connectivity index (χ2v) is 4.35. The molecule has 0 aliphatic rings. The quantitative estimate of drug-likeness (QED) is 0.703. The van der Waals surface area contributed by atoms with Gasteiger partial charge in [-0.1, -0.05) is 6.92 Å². The van der Waals surface area contributed by atoms with Gasteiger partial charge < -0.3 is 10.2 Å². The summed E-state index contributed by atoms with van der Waals surface area (Å²) in [5, 5.41) is 11.8. The molecule has 0 amide bonds. The van der Waals surface area contributed by atoms with Crippen LogP contribution in [0.2, 0.25) is 0 Å². The summed E-state index contributed by atoms with van der Waals surface area (Å²) < 4.78 is 0. The molecule has 0 aromatic rings. The van der Waals surface area contributed by atoms with Crippen molar-refractivity contribution in [1.29, 1.82) is 5.26 Å². The van der Waals surface area contributed by atoms with Gasteiger partial charge in [-0.3, -0.25) is 0 Å². The molecule has 0 aliphatic heterocycles. The van der Waals surface area contributed by atoms with Crippen molar-refractivity contribution in [2.75, 3.05) is 20.6 Å². The molecule has 0 heterocycles. The summed E-state index contributed by atoms with van der Waals surface area (Å²) in [6.45, 7) is 7.61. The smallest absolute Gasteiger partial charge is 0.0962 e. The maximum Gasteiger partial charge on any atom is 0.0962 e. The third-order valence-electron chi connectivity index (χ3n) is 3.16. The Bertz CT molecular complexity index is 193. The van der Waals surface area contributed by atoms with E-state index in [0.29, 0.717) is 0 Å². The van der Waals surface area contributed by atoms with Crippen molar-refractivity contribution in [3.8, 4) is 6.07 Å². The van der Waals surface area contributed by atoms with E-state index in [4.69, 9.17) is 5.26 Å². The number of nitrogens with one attached hydrogen (secondary N) is 1. The van der Waals surface area contributed by atoms with Crippen LogP contribution in [-0.4, -0.2) is 37.1 Å². The molecule has 0 aromatic heterocycles. The van der Waals surface area contributed by atoms with Gasteiger partial charge in [0.15, 0.2) is 0 Å². The van der Waals surface area contributed by atoms with Crippen LogP contribution >= 0.6 is 0 Å². The summed E-state index contributed by atoms with van der Waals surface area (Å²) in [6, 6.07) is 2.22. The lowest BCUT2D eigenvalue weighted by molar-refractivity contribution is 0.147. The molecule has 82 valence electrons. The van der Waals surface area contributed by atoms with Gasteiger partial charge in [-0.25, -0.2) is 0 Å². The Labute approximate surface area is 88.1 Å². The molecule has 1 N–H and O–H groups in total. The fourth-order valence-corrected chi connectivity index (χ4v) is 1.17. The Morgan fingerprint density at radius 3 is 2.43 bits per heavy atom. The van der Waals surface area contributed by atoms with E-state index in [0.717, 1.165) is 19.4 Å². The van der Waals surface area contributed by atoms with E-state index in [1.165, 1.54) is 0 Å². The first-order valence-electron chi connectivity index (χ1n) is 5.26. The summed E-state index contributed by atoms with van der Waals surface area (Å²) >= 11 is 0. The van der Waals surface area contributed by atoms with E-state index in [1.807, 2.05) is 7.05 Å². The average Bonchev–Trinajstić information content (AvgIpc) is 2.19. The van der Waals surface area contributed by atoms with E-state index < -0.39 is 0 Å². The van der Waals surface area contributed by atoms with Crippen molar-refractivity contribution >= 4 is 0 Å². The predicted molar refractivity (Wildman–Crippen MR) is 60.1 cm³/mol. The zero-order valence-electron chi connectivity index (χ0n) is 10.1. The van der Waals surface area contributed by atoms with Crippen LogP contribution in [0.15, 0.2) is 0 Å². The Kier molecular flexibility index (Phi) is 5.75. The molecule has 1 unspecified atom stereocenters. The van der Waals surface area contributed by atoms with E-state index >= 15 is 0 Å². The van der Waals surface area contributed by atoms with Gasteiger partial charge in [0.05, 0.1) is 12.1 Å². The fraction of sp³-hybridized carbons (Fsp3) is 0.909. The Morgan fingerprint density at radius 2 is 2.07 bits per heavy atom. The lowest BCUT2D eigenvalue weighted by atomic mass is 9.99. The molecule has 0 aromatic carbocycles. The number of nitrogens with zero attached hydrogens (tertiary/aromatic N) is 2. The topological polar surface area (TPSA) is 39.1 Å². The molecule has 1 atom stereocenters. The monoisotopic (exact) mass is 197 g/mol. The van der Waals surface area contributed by atoms with Crippen LogP contribution in [0.3, 0.4) is 0 Å². The van der Waals surface area contributed by atoms with Crippen LogP contribution in [0.1, 0.15) is 33.6 Å². The highest BCUT2D eigenvalue weighted by atomic mass is 15.2. The van der Waals surface area contributed by atoms with Crippen molar-refractivity contribution in [3.63, 3.8) is 0 Å². The van der Waals surface area contributed by atoms with Crippen LogP contribution in [0, 0.1) is 11.3 Å². The van der Waals surface area contributed by atoms with Crippen LogP contribution in [0.4, 0.5) is 0 Å². The van der Waals surface area contributed by atoms with E-state index in [9.17, 15) is 0 Å². The largest absolute Gasteiger partial charge is 0.305 e. The molecule has 0 spiro atoms. The zero-order chi connectivity index (χ0) is 11.2. The standard InChI is InChI=1S/C11H23N3/c1-6-11(2,3)14(5)8-7-10(9-12)13-4/h10,13H,6-8H2,1-5H3. The second-order valence-electron chi connectivity index (χ2n) is 4.35. The molecule has 0 aliphatic carbocycles. The first-order valence-corrected chi connectivity index (χ1v) is 5.26. The van der Waals surface area contributed by atoms with Crippen LogP contribution < -0.4 is 5.32 Å². The minimum absolute atomic E-state index is 0.0230. The molecule has 0 saturated carbocycles. The molecule has 0 saturated heterocycles.